The van der Waals surface area contributed by atoms with Gasteiger partial charge in [0.25, 0.3) is 0 Å². The summed E-state index contributed by atoms with van der Waals surface area (Å²) in [4.78, 5) is 2.45. The molecule has 384 valence electrons. The standard InChI is InChI=1S/C81H55N/c1-7-25-59(26-8-1)76-73-40-23-39-70(80(73)79(62-31-13-4-14-32-62)78(61-29-11-3-12-30-61)77(76)60-27-9-2-10-28-60)58-46-50-68(51-47-58)82(67-48-44-57(45-49-67)64-43-42-56-24-19-20-33-63(56)54-64)69-52-53-72-71-38-21-22-41-74(71)81(75(72)55-69,65-34-15-5-16-35-65)66-36-17-6-18-37-66/h1-55H. The van der Waals surface area contributed by atoms with E-state index >= 15 is 0 Å². The number of benzene rings is 14. The second kappa shape index (κ2) is 20.6. The first kappa shape index (κ1) is 48.5. The molecule has 0 fully saturated rings. The molecule has 1 aliphatic carbocycles. The minimum Gasteiger partial charge on any atom is -0.310 e. The Hall–Kier alpha value is -10.6. The molecule has 0 saturated carbocycles. The molecule has 0 atom stereocenters. The summed E-state index contributed by atoms with van der Waals surface area (Å²) in [7, 11) is 0. The molecule has 0 saturated heterocycles. The van der Waals surface area contributed by atoms with Crippen molar-refractivity contribution >= 4 is 38.6 Å². The van der Waals surface area contributed by atoms with Crippen LogP contribution >= 0.6 is 0 Å². The van der Waals surface area contributed by atoms with Crippen LogP contribution in [-0.4, -0.2) is 0 Å². The minimum atomic E-state index is -0.553. The highest BCUT2D eigenvalue weighted by Crippen LogP contribution is 2.58. The lowest BCUT2D eigenvalue weighted by molar-refractivity contribution is 0.768. The SMILES string of the molecule is c1ccc(-c2c(-c3ccccc3)c(-c3ccccc3)c3c(-c4ccc(N(c5ccc(-c6ccc7ccccc7c6)cc5)c5ccc6c(c5)C(c5ccccc5)(c5ccccc5)c5ccccc5-6)cc4)cccc3c2-c2ccccc2)cc1. The molecule has 1 heteroatoms. The summed E-state index contributed by atoms with van der Waals surface area (Å²) >= 11 is 0. The van der Waals surface area contributed by atoms with E-state index in [2.05, 4.69) is 339 Å². The maximum atomic E-state index is 2.47. The third-order valence-electron chi connectivity index (χ3n) is 16.9. The molecule has 0 heterocycles. The summed E-state index contributed by atoms with van der Waals surface area (Å²) < 4.78 is 0. The van der Waals surface area contributed by atoms with Gasteiger partial charge in [-0.05, 0) is 164 Å². The van der Waals surface area contributed by atoms with Crippen molar-refractivity contribution in [3.05, 3.63) is 356 Å². The van der Waals surface area contributed by atoms with Crippen molar-refractivity contribution < 1.29 is 0 Å². The monoisotopic (exact) mass is 1040 g/mol. The van der Waals surface area contributed by atoms with Crippen molar-refractivity contribution in [3.8, 4) is 77.9 Å². The van der Waals surface area contributed by atoms with Gasteiger partial charge in [0.05, 0.1) is 5.41 Å². The quantitative estimate of drug-likeness (QED) is 0.125. The molecule has 1 nitrogen and oxygen atoms in total. The Kier molecular flexibility index (Phi) is 12.2. The molecule has 0 aromatic heterocycles. The maximum Gasteiger partial charge on any atom is 0.0714 e. The summed E-state index contributed by atoms with van der Waals surface area (Å²) in [5.41, 5.74) is 24.5. The van der Waals surface area contributed by atoms with Gasteiger partial charge in [0, 0.05) is 17.1 Å². The third-order valence-corrected chi connectivity index (χ3v) is 16.9. The number of rotatable bonds is 11. The predicted molar refractivity (Wildman–Crippen MR) is 346 cm³/mol. The van der Waals surface area contributed by atoms with Crippen molar-refractivity contribution in [2.24, 2.45) is 0 Å². The van der Waals surface area contributed by atoms with Crippen LogP contribution in [0.15, 0.2) is 334 Å². The maximum absolute atomic E-state index is 2.47. The molecule has 82 heavy (non-hydrogen) atoms. The highest BCUT2D eigenvalue weighted by molar-refractivity contribution is 6.22. The van der Waals surface area contributed by atoms with Gasteiger partial charge in [-0.2, -0.15) is 0 Å². The first-order chi connectivity index (χ1) is 40.7. The fourth-order valence-corrected chi connectivity index (χ4v) is 13.3. The summed E-state index contributed by atoms with van der Waals surface area (Å²) in [5.74, 6) is 0. The molecule has 0 aliphatic heterocycles. The van der Waals surface area contributed by atoms with E-state index in [1.165, 1.54) is 116 Å². The van der Waals surface area contributed by atoms with Crippen LogP contribution in [0.25, 0.3) is 99.4 Å². The Morgan fingerprint density at radius 1 is 0.220 bits per heavy atom. The van der Waals surface area contributed by atoms with Gasteiger partial charge in [0.2, 0.25) is 0 Å². The van der Waals surface area contributed by atoms with Gasteiger partial charge in [-0.15, -0.1) is 0 Å². The van der Waals surface area contributed by atoms with Crippen molar-refractivity contribution in [3.63, 3.8) is 0 Å². The molecule has 0 N–H and O–H groups in total. The lowest BCUT2D eigenvalue weighted by atomic mass is 9.67. The molecule has 0 amide bonds. The average Bonchev–Trinajstić information content (AvgIpc) is 2.59. The molecule has 0 unspecified atom stereocenters. The van der Waals surface area contributed by atoms with Crippen LogP contribution in [0.1, 0.15) is 22.3 Å². The van der Waals surface area contributed by atoms with Gasteiger partial charge in [-0.3, -0.25) is 0 Å². The summed E-state index contributed by atoms with van der Waals surface area (Å²) in [6.45, 7) is 0. The van der Waals surface area contributed by atoms with Crippen molar-refractivity contribution in [2.75, 3.05) is 4.90 Å². The second-order valence-electron chi connectivity index (χ2n) is 21.4. The van der Waals surface area contributed by atoms with Crippen LogP contribution in [0, 0.1) is 0 Å². The van der Waals surface area contributed by atoms with E-state index in [0.29, 0.717) is 0 Å². The third kappa shape index (κ3) is 8.17. The molecular formula is C81H55N. The topological polar surface area (TPSA) is 3.24 Å². The molecule has 0 bridgehead atoms. The Labute approximate surface area is 480 Å². The Balaban J connectivity index is 0.954. The van der Waals surface area contributed by atoms with Crippen LogP contribution in [0.3, 0.4) is 0 Å². The van der Waals surface area contributed by atoms with E-state index < -0.39 is 5.41 Å². The highest BCUT2D eigenvalue weighted by Gasteiger charge is 2.46. The average molecular weight is 1040 g/mol. The summed E-state index contributed by atoms with van der Waals surface area (Å²) in [5, 5.41) is 4.90. The van der Waals surface area contributed by atoms with Crippen LogP contribution in [0.2, 0.25) is 0 Å². The van der Waals surface area contributed by atoms with Gasteiger partial charge in [-0.25, -0.2) is 0 Å². The summed E-state index contributed by atoms with van der Waals surface area (Å²) in [6, 6.07) is 123. The van der Waals surface area contributed by atoms with Crippen LogP contribution in [0.4, 0.5) is 17.1 Å². The van der Waals surface area contributed by atoms with E-state index in [0.717, 1.165) is 22.6 Å². The highest BCUT2D eigenvalue weighted by atomic mass is 15.1. The fraction of sp³-hybridized carbons (Fsp3) is 0.0123. The number of anilines is 3. The normalized spacial score (nSPS) is 12.2. The van der Waals surface area contributed by atoms with E-state index in [1.807, 2.05) is 0 Å². The van der Waals surface area contributed by atoms with Crippen LogP contribution < -0.4 is 4.90 Å². The molecule has 1 aliphatic rings. The van der Waals surface area contributed by atoms with Crippen molar-refractivity contribution in [1.29, 1.82) is 0 Å². The minimum absolute atomic E-state index is 0.553. The zero-order chi connectivity index (χ0) is 54.4. The van der Waals surface area contributed by atoms with Gasteiger partial charge in [0.15, 0.2) is 0 Å². The number of hydrogen-bond donors (Lipinski definition) is 0. The summed E-state index contributed by atoms with van der Waals surface area (Å²) in [6.07, 6.45) is 0. The number of hydrogen-bond acceptors (Lipinski definition) is 1. The first-order valence-corrected chi connectivity index (χ1v) is 28.4. The Morgan fingerprint density at radius 3 is 1.23 bits per heavy atom. The van der Waals surface area contributed by atoms with Crippen molar-refractivity contribution in [2.45, 2.75) is 5.41 Å². The molecular weight excluding hydrogens is 987 g/mol. The molecule has 14 aromatic rings. The van der Waals surface area contributed by atoms with Crippen molar-refractivity contribution in [1.82, 2.24) is 0 Å². The number of nitrogens with zero attached hydrogens (tertiary/aromatic N) is 1. The second-order valence-corrected chi connectivity index (χ2v) is 21.4. The number of fused-ring (bicyclic) bond motifs is 5. The zero-order valence-corrected chi connectivity index (χ0v) is 45.2. The lowest BCUT2D eigenvalue weighted by Crippen LogP contribution is -2.28. The van der Waals surface area contributed by atoms with Crippen LogP contribution in [-0.2, 0) is 5.41 Å². The smallest absolute Gasteiger partial charge is 0.0714 e. The first-order valence-electron chi connectivity index (χ1n) is 28.4. The largest absolute Gasteiger partial charge is 0.310 e. The van der Waals surface area contributed by atoms with E-state index in [1.54, 1.807) is 0 Å². The van der Waals surface area contributed by atoms with Gasteiger partial charge >= 0.3 is 0 Å². The zero-order valence-electron chi connectivity index (χ0n) is 45.2. The van der Waals surface area contributed by atoms with Gasteiger partial charge < -0.3 is 4.90 Å². The van der Waals surface area contributed by atoms with E-state index in [9.17, 15) is 0 Å². The predicted octanol–water partition coefficient (Wildman–Crippen LogP) is 21.8. The molecule has 15 rings (SSSR count). The Bertz CT molecular complexity index is 4570. The van der Waals surface area contributed by atoms with Gasteiger partial charge in [-0.1, -0.05) is 291 Å². The Morgan fingerprint density at radius 2 is 0.646 bits per heavy atom. The fourth-order valence-electron chi connectivity index (χ4n) is 13.3. The molecule has 0 spiro atoms. The van der Waals surface area contributed by atoms with Gasteiger partial charge in [0.1, 0.15) is 0 Å². The molecule has 0 radical (unpaired) electrons. The molecule has 14 aromatic carbocycles. The lowest BCUT2D eigenvalue weighted by Gasteiger charge is -2.35. The van der Waals surface area contributed by atoms with E-state index in [-0.39, 0.29) is 0 Å². The van der Waals surface area contributed by atoms with E-state index in [4.69, 9.17) is 0 Å². The van der Waals surface area contributed by atoms with Crippen LogP contribution in [0.5, 0.6) is 0 Å².